The summed E-state index contributed by atoms with van der Waals surface area (Å²) in [6.07, 6.45) is 0.712. The minimum atomic E-state index is -0.122. The molecule has 0 spiro atoms. The molecule has 25 heavy (non-hydrogen) atoms. The highest BCUT2D eigenvalue weighted by molar-refractivity contribution is 7.99. The van der Waals surface area contributed by atoms with Crippen LogP contribution >= 0.6 is 35.5 Å². The maximum Gasteiger partial charge on any atom is 0.270 e. The van der Waals surface area contributed by atoms with E-state index >= 15 is 0 Å². The number of nitrogens with zero attached hydrogens (tertiary/aromatic N) is 1. The van der Waals surface area contributed by atoms with Crippen LogP contribution in [0.4, 0.5) is 0 Å². The zero-order chi connectivity index (χ0) is 17.4. The molecule has 0 fully saturated rings. The number of hydrogen-bond acceptors (Lipinski definition) is 6. The molecule has 138 valence electrons. The number of aromatic nitrogens is 1. The molecule has 0 aliphatic rings. The Hall–Kier alpha value is -1.28. The number of thioether (sulfide) groups is 1. The van der Waals surface area contributed by atoms with Gasteiger partial charge in [0, 0.05) is 29.0 Å². The fraction of sp³-hybridized carbons (Fsp3) is 0.412. The molecule has 2 aromatic rings. The molecule has 2 rings (SSSR count). The Morgan fingerprint density at radius 2 is 2.20 bits per heavy atom. The van der Waals surface area contributed by atoms with Gasteiger partial charge in [0.2, 0.25) is 0 Å². The quantitative estimate of drug-likeness (QED) is 0.631. The zero-order valence-corrected chi connectivity index (χ0v) is 16.8. The number of halogens is 1. The molecule has 3 N–H and O–H groups in total. The molecule has 1 aromatic heterocycles. The first-order valence-corrected chi connectivity index (χ1v) is 9.69. The lowest BCUT2D eigenvalue weighted by atomic mass is 10.2. The van der Waals surface area contributed by atoms with Crippen LogP contribution in [0.1, 0.15) is 22.4 Å². The Kier molecular flexibility index (Phi) is 9.89. The third kappa shape index (κ3) is 6.86. The van der Waals surface area contributed by atoms with Gasteiger partial charge in [-0.15, -0.1) is 35.5 Å². The number of methoxy groups -OCH3 is 1. The monoisotopic (exact) mass is 401 g/mol. The highest BCUT2D eigenvalue weighted by atomic mass is 35.5. The molecule has 0 saturated carbocycles. The number of rotatable bonds is 9. The number of carbonyl (C=O) groups excluding carboxylic acids is 1. The summed E-state index contributed by atoms with van der Waals surface area (Å²) in [4.78, 5) is 17.5. The van der Waals surface area contributed by atoms with E-state index in [2.05, 4.69) is 17.2 Å². The highest BCUT2D eigenvalue weighted by Gasteiger charge is 2.12. The van der Waals surface area contributed by atoms with Crippen molar-refractivity contribution >= 4 is 41.4 Å². The van der Waals surface area contributed by atoms with Crippen molar-refractivity contribution in [3.8, 4) is 5.75 Å². The van der Waals surface area contributed by atoms with E-state index in [0.29, 0.717) is 31.1 Å². The lowest BCUT2D eigenvalue weighted by Gasteiger charge is -2.13. The molecule has 1 aromatic carbocycles. The number of amides is 1. The van der Waals surface area contributed by atoms with Gasteiger partial charge in [0.25, 0.3) is 5.91 Å². The third-order valence-corrected chi connectivity index (χ3v) is 5.64. The van der Waals surface area contributed by atoms with E-state index in [0.717, 1.165) is 21.4 Å². The third-order valence-electron chi connectivity index (χ3n) is 3.35. The molecule has 1 atom stereocenters. The second-order valence-electron chi connectivity index (χ2n) is 5.44. The van der Waals surface area contributed by atoms with Crippen molar-refractivity contribution in [3.63, 3.8) is 0 Å². The van der Waals surface area contributed by atoms with Gasteiger partial charge >= 0.3 is 0 Å². The molecule has 0 saturated heterocycles. The number of para-hydroxylation sites is 1. The van der Waals surface area contributed by atoms with Crippen LogP contribution in [0.15, 0.2) is 34.5 Å². The van der Waals surface area contributed by atoms with Gasteiger partial charge in [0.15, 0.2) is 0 Å². The Labute approximate surface area is 163 Å². The largest absolute Gasteiger partial charge is 0.496 e. The maximum absolute atomic E-state index is 12.1. The van der Waals surface area contributed by atoms with Crippen LogP contribution in [-0.4, -0.2) is 36.8 Å². The lowest BCUT2D eigenvalue weighted by molar-refractivity contribution is 0.0945. The van der Waals surface area contributed by atoms with E-state index < -0.39 is 0 Å². The molecular weight excluding hydrogens is 378 g/mol. The number of benzene rings is 1. The number of carbonyl (C=O) groups is 1. The van der Waals surface area contributed by atoms with Gasteiger partial charge in [-0.25, -0.2) is 4.98 Å². The molecule has 1 unspecified atom stereocenters. The molecule has 0 radical (unpaired) electrons. The summed E-state index contributed by atoms with van der Waals surface area (Å²) in [5.74, 6) is 2.00. The second-order valence-corrected chi connectivity index (χ2v) is 7.45. The molecule has 0 aliphatic heterocycles. The van der Waals surface area contributed by atoms with Gasteiger partial charge in [0.1, 0.15) is 11.4 Å². The van der Waals surface area contributed by atoms with Gasteiger partial charge in [-0.05, 0) is 24.6 Å². The highest BCUT2D eigenvalue weighted by Crippen LogP contribution is 2.29. The van der Waals surface area contributed by atoms with Gasteiger partial charge in [-0.1, -0.05) is 19.1 Å². The summed E-state index contributed by atoms with van der Waals surface area (Å²) in [5, 5.41) is 5.64. The normalized spacial score (nSPS) is 11.5. The summed E-state index contributed by atoms with van der Waals surface area (Å²) < 4.78 is 5.35. The zero-order valence-electron chi connectivity index (χ0n) is 14.4. The average molecular weight is 402 g/mol. The fourth-order valence-electron chi connectivity index (χ4n) is 2.04. The van der Waals surface area contributed by atoms with Gasteiger partial charge < -0.3 is 15.8 Å². The van der Waals surface area contributed by atoms with E-state index in [4.69, 9.17) is 10.5 Å². The molecule has 0 aliphatic carbocycles. The van der Waals surface area contributed by atoms with E-state index in [-0.39, 0.29) is 18.3 Å². The maximum atomic E-state index is 12.1. The van der Waals surface area contributed by atoms with Gasteiger partial charge in [0.05, 0.1) is 12.1 Å². The Balaban J connectivity index is 0.00000312. The van der Waals surface area contributed by atoms with Crippen molar-refractivity contribution in [3.05, 3.63) is 40.3 Å². The van der Waals surface area contributed by atoms with Crippen LogP contribution in [-0.2, 0) is 6.42 Å². The van der Waals surface area contributed by atoms with Crippen LogP contribution in [0.5, 0.6) is 5.75 Å². The molecular formula is C17H24ClN3O2S2. The van der Waals surface area contributed by atoms with Crippen LogP contribution in [0.3, 0.4) is 0 Å². The first-order chi connectivity index (χ1) is 11.6. The van der Waals surface area contributed by atoms with Crippen molar-refractivity contribution in [2.45, 2.75) is 18.2 Å². The Morgan fingerprint density at radius 1 is 1.44 bits per heavy atom. The van der Waals surface area contributed by atoms with E-state index in [1.54, 1.807) is 24.3 Å². The van der Waals surface area contributed by atoms with Crippen molar-refractivity contribution in [1.29, 1.82) is 0 Å². The number of hydrogen-bond donors (Lipinski definition) is 2. The fourth-order valence-corrected chi connectivity index (χ4v) is 3.88. The average Bonchev–Trinajstić information content (AvgIpc) is 3.07. The predicted molar refractivity (Wildman–Crippen MR) is 107 cm³/mol. The predicted octanol–water partition coefficient (Wildman–Crippen LogP) is 3.23. The smallest absolute Gasteiger partial charge is 0.270 e. The number of nitrogens with one attached hydrogen (secondary N) is 1. The van der Waals surface area contributed by atoms with Gasteiger partial charge in [-0.2, -0.15) is 0 Å². The van der Waals surface area contributed by atoms with Crippen LogP contribution in [0.25, 0.3) is 0 Å². The van der Waals surface area contributed by atoms with E-state index in [1.807, 2.05) is 24.3 Å². The van der Waals surface area contributed by atoms with Gasteiger partial charge in [-0.3, -0.25) is 4.79 Å². The van der Waals surface area contributed by atoms with Crippen LogP contribution in [0, 0.1) is 5.92 Å². The summed E-state index contributed by atoms with van der Waals surface area (Å²) in [5.41, 5.74) is 5.98. The molecule has 5 nitrogen and oxygen atoms in total. The minimum Gasteiger partial charge on any atom is -0.496 e. The summed E-state index contributed by atoms with van der Waals surface area (Å²) in [6.45, 7) is 3.28. The standard InChI is InChI=1S/C17H23N3O2S2.ClH/c1-12(10-23-15-6-4-3-5-14(15)22-2)9-19-17(21)13-11-24-16(20-13)7-8-18;/h3-6,11-12H,7-10,18H2,1-2H3,(H,19,21);1H. The molecule has 8 heteroatoms. The van der Waals surface area contributed by atoms with Crippen molar-refractivity contribution in [1.82, 2.24) is 10.3 Å². The Morgan fingerprint density at radius 3 is 2.92 bits per heavy atom. The van der Waals surface area contributed by atoms with E-state index in [9.17, 15) is 4.79 Å². The van der Waals surface area contributed by atoms with Crippen molar-refractivity contribution in [2.75, 3.05) is 26.0 Å². The number of ether oxygens (including phenoxy) is 1. The first kappa shape index (κ1) is 21.8. The van der Waals surface area contributed by atoms with E-state index in [1.165, 1.54) is 11.3 Å². The second kappa shape index (κ2) is 11.4. The number of thiazole rings is 1. The van der Waals surface area contributed by atoms with Crippen LogP contribution in [0.2, 0.25) is 0 Å². The SMILES string of the molecule is COc1ccccc1SCC(C)CNC(=O)c1csc(CCN)n1.Cl. The first-order valence-electron chi connectivity index (χ1n) is 7.82. The van der Waals surface area contributed by atoms with Crippen LogP contribution < -0.4 is 15.8 Å². The molecule has 1 amide bonds. The Bertz CT molecular complexity index is 667. The summed E-state index contributed by atoms with van der Waals surface area (Å²) in [7, 11) is 1.68. The summed E-state index contributed by atoms with van der Waals surface area (Å²) >= 11 is 3.21. The number of nitrogens with two attached hydrogens (primary N) is 1. The summed E-state index contributed by atoms with van der Waals surface area (Å²) in [6, 6.07) is 7.96. The molecule has 1 heterocycles. The van der Waals surface area contributed by atoms with Crippen molar-refractivity contribution < 1.29 is 9.53 Å². The lowest BCUT2D eigenvalue weighted by Crippen LogP contribution is -2.29. The van der Waals surface area contributed by atoms with Crippen molar-refractivity contribution in [2.24, 2.45) is 11.7 Å². The minimum absolute atomic E-state index is 0. The topological polar surface area (TPSA) is 77.2 Å². The molecule has 0 bridgehead atoms.